The zero-order chi connectivity index (χ0) is 23.6. The van der Waals surface area contributed by atoms with Crippen molar-refractivity contribution in [3.8, 4) is 0 Å². The monoisotopic (exact) mass is 464 g/mol. The van der Waals surface area contributed by atoms with Gasteiger partial charge in [0, 0.05) is 0 Å². The second-order valence-electron chi connectivity index (χ2n) is 8.52. The number of ether oxygens (including phenoxy) is 4. The molecule has 6 nitrogen and oxygen atoms in total. The smallest absolute Gasteiger partial charge is 0.144 e. The van der Waals surface area contributed by atoms with Crippen LogP contribution in [0.25, 0.3) is 0 Å². The van der Waals surface area contributed by atoms with Gasteiger partial charge in [-0.05, 0) is 16.7 Å². The highest BCUT2D eigenvalue weighted by atomic mass is 16.6. The van der Waals surface area contributed by atoms with Gasteiger partial charge in [-0.2, -0.15) is 0 Å². The summed E-state index contributed by atoms with van der Waals surface area (Å²) < 4.78 is 24.8. The van der Waals surface area contributed by atoms with E-state index in [0.717, 1.165) is 16.7 Å². The number of rotatable bonds is 12. The van der Waals surface area contributed by atoms with E-state index in [2.05, 4.69) is 0 Å². The minimum Gasteiger partial charge on any atom is -0.394 e. The summed E-state index contributed by atoms with van der Waals surface area (Å²) in [7, 11) is 0. The van der Waals surface area contributed by atoms with Gasteiger partial charge in [0.1, 0.15) is 23.9 Å². The number of benzene rings is 3. The first-order chi connectivity index (χ1) is 16.7. The highest BCUT2D eigenvalue weighted by Gasteiger charge is 2.56. The Bertz CT molecular complexity index is 968. The number of hydrogen-bond donors (Lipinski definition) is 2. The molecule has 1 heterocycles. The Morgan fingerprint density at radius 1 is 0.676 bits per heavy atom. The summed E-state index contributed by atoms with van der Waals surface area (Å²) in [6.07, 6.45) is -1.88. The van der Waals surface area contributed by atoms with Crippen LogP contribution in [0.4, 0.5) is 0 Å². The normalized spacial score (nSPS) is 24.4. The molecule has 3 aromatic carbocycles. The lowest BCUT2D eigenvalue weighted by atomic mass is 9.95. The molecule has 1 fully saturated rings. The van der Waals surface area contributed by atoms with E-state index in [4.69, 9.17) is 18.9 Å². The van der Waals surface area contributed by atoms with Gasteiger partial charge in [0.15, 0.2) is 0 Å². The Labute approximate surface area is 200 Å². The van der Waals surface area contributed by atoms with Crippen LogP contribution in [0.3, 0.4) is 0 Å². The first kappa shape index (κ1) is 24.5. The van der Waals surface area contributed by atoms with Crippen molar-refractivity contribution >= 4 is 0 Å². The molecule has 0 bridgehead atoms. The van der Waals surface area contributed by atoms with E-state index in [-0.39, 0.29) is 19.8 Å². The van der Waals surface area contributed by atoms with Crippen LogP contribution in [-0.2, 0) is 38.8 Å². The molecule has 3 aromatic rings. The van der Waals surface area contributed by atoms with E-state index >= 15 is 0 Å². The summed E-state index contributed by atoms with van der Waals surface area (Å²) in [5.41, 5.74) is 1.85. The van der Waals surface area contributed by atoms with Crippen molar-refractivity contribution in [3.05, 3.63) is 108 Å². The Kier molecular flexibility index (Phi) is 8.82. The highest BCUT2D eigenvalue weighted by molar-refractivity contribution is 5.16. The lowest BCUT2D eigenvalue weighted by molar-refractivity contribution is -0.170. The van der Waals surface area contributed by atoms with Crippen LogP contribution in [0, 0.1) is 0 Å². The van der Waals surface area contributed by atoms with Crippen LogP contribution >= 0.6 is 0 Å². The number of aliphatic hydroxyl groups excluding tert-OH is 2. The average Bonchev–Trinajstić information content (AvgIpc) is 3.20. The van der Waals surface area contributed by atoms with Gasteiger partial charge in [-0.1, -0.05) is 91.0 Å². The third-order valence-electron chi connectivity index (χ3n) is 6.03. The second kappa shape index (κ2) is 12.2. The van der Waals surface area contributed by atoms with Gasteiger partial charge >= 0.3 is 0 Å². The molecule has 0 aromatic heterocycles. The Balaban J connectivity index is 1.52. The van der Waals surface area contributed by atoms with E-state index < -0.39 is 23.9 Å². The van der Waals surface area contributed by atoms with Gasteiger partial charge in [-0.25, -0.2) is 0 Å². The molecule has 1 aliphatic rings. The van der Waals surface area contributed by atoms with Crippen LogP contribution < -0.4 is 0 Å². The standard InChI is InChI=1S/C28H32O6/c29-16-25-26(32-18-23-12-6-2-7-13-23)27(33-19-24-14-8-3-9-15-24)28(20-30,34-25)21-31-17-22-10-4-1-5-11-22/h1-15,25-27,29-30H,16-21H2/t25-,26-,27+,28+/m1/s1. The molecule has 1 saturated heterocycles. The molecule has 0 saturated carbocycles. The zero-order valence-electron chi connectivity index (χ0n) is 19.2. The lowest BCUT2D eigenvalue weighted by Gasteiger charge is -2.33. The van der Waals surface area contributed by atoms with Crippen molar-refractivity contribution < 1.29 is 29.2 Å². The molecule has 4 rings (SSSR count). The topological polar surface area (TPSA) is 77.4 Å². The fourth-order valence-electron chi connectivity index (χ4n) is 4.24. The molecule has 1 aliphatic heterocycles. The molecular weight excluding hydrogens is 432 g/mol. The van der Waals surface area contributed by atoms with E-state index in [9.17, 15) is 10.2 Å². The molecule has 0 amide bonds. The minimum absolute atomic E-state index is 0.0968. The van der Waals surface area contributed by atoms with Gasteiger partial charge in [0.2, 0.25) is 0 Å². The third-order valence-corrected chi connectivity index (χ3v) is 6.03. The summed E-state index contributed by atoms with van der Waals surface area (Å²) in [5.74, 6) is 0. The quantitative estimate of drug-likeness (QED) is 0.427. The maximum Gasteiger partial charge on any atom is 0.144 e. The maximum absolute atomic E-state index is 10.5. The van der Waals surface area contributed by atoms with Crippen molar-refractivity contribution in [2.75, 3.05) is 19.8 Å². The first-order valence-corrected chi connectivity index (χ1v) is 11.6. The molecule has 4 atom stereocenters. The molecule has 6 heteroatoms. The van der Waals surface area contributed by atoms with E-state index in [1.54, 1.807) is 0 Å². The molecule has 180 valence electrons. The largest absolute Gasteiger partial charge is 0.394 e. The summed E-state index contributed by atoms with van der Waals surface area (Å²) >= 11 is 0. The van der Waals surface area contributed by atoms with Crippen molar-refractivity contribution in [2.24, 2.45) is 0 Å². The predicted molar refractivity (Wildman–Crippen MR) is 128 cm³/mol. The lowest BCUT2D eigenvalue weighted by Crippen LogP contribution is -2.51. The zero-order valence-corrected chi connectivity index (χ0v) is 19.2. The van der Waals surface area contributed by atoms with Crippen molar-refractivity contribution in [1.29, 1.82) is 0 Å². The maximum atomic E-state index is 10.5. The van der Waals surface area contributed by atoms with Gasteiger partial charge < -0.3 is 29.2 Å². The molecule has 2 N–H and O–H groups in total. The van der Waals surface area contributed by atoms with E-state index in [1.807, 2.05) is 91.0 Å². The third kappa shape index (κ3) is 6.10. The number of aliphatic hydroxyl groups is 2. The molecule has 0 radical (unpaired) electrons. The highest BCUT2D eigenvalue weighted by Crippen LogP contribution is 2.37. The Hall–Kier alpha value is -2.58. The number of hydrogen-bond acceptors (Lipinski definition) is 6. The molecule has 0 unspecified atom stereocenters. The van der Waals surface area contributed by atoms with Crippen molar-refractivity contribution in [2.45, 2.75) is 43.7 Å². The second-order valence-corrected chi connectivity index (χ2v) is 8.52. The van der Waals surface area contributed by atoms with Crippen LogP contribution in [0.2, 0.25) is 0 Å². The molecule has 0 aliphatic carbocycles. The van der Waals surface area contributed by atoms with Gasteiger partial charge in [-0.15, -0.1) is 0 Å². The summed E-state index contributed by atoms with van der Waals surface area (Å²) in [4.78, 5) is 0. The Morgan fingerprint density at radius 2 is 1.18 bits per heavy atom. The molecular formula is C28H32O6. The fourth-order valence-corrected chi connectivity index (χ4v) is 4.24. The van der Waals surface area contributed by atoms with Gasteiger partial charge in [0.25, 0.3) is 0 Å². The van der Waals surface area contributed by atoms with Crippen molar-refractivity contribution in [1.82, 2.24) is 0 Å². The van der Waals surface area contributed by atoms with Crippen LogP contribution in [0.5, 0.6) is 0 Å². The van der Waals surface area contributed by atoms with Crippen LogP contribution in [0.1, 0.15) is 16.7 Å². The summed E-state index contributed by atoms with van der Waals surface area (Å²) in [6.45, 7) is 0.534. The molecule has 34 heavy (non-hydrogen) atoms. The van der Waals surface area contributed by atoms with E-state index in [1.165, 1.54) is 0 Å². The van der Waals surface area contributed by atoms with Crippen LogP contribution in [0.15, 0.2) is 91.0 Å². The van der Waals surface area contributed by atoms with Crippen LogP contribution in [-0.4, -0.2) is 53.9 Å². The minimum atomic E-state index is -1.17. The SMILES string of the molecule is OC[C@H]1O[C@@](CO)(COCc2ccccc2)[C@@H](OCc2ccccc2)[C@@H]1OCc1ccccc1. The average molecular weight is 465 g/mol. The fraction of sp³-hybridized carbons (Fsp3) is 0.357. The van der Waals surface area contributed by atoms with E-state index in [0.29, 0.717) is 19.8 Å². The van der Waals surface area contributed by atoms with Crippen molar-refractivity contribution in [3.63, 3.8) is 0 Å². The Morgan fingerprint density at radius 3 is 1.68 bits per heavy atom. The first-order valence-electron chi connectivity index (χ1n) is 11.6. The summed E-state index contributed by atoms with van der Waals surface area (Å²) in [5, 5.41) is 20.6. The predicted octanol–water partition coefficient (Wildman–Crippen LogP) is 3.50. The molecule has 0 spiro atoms. The van der Waals surface area contributed by atoms with Gasteiger partial charge in [-0.3, -0.25) is 0 Å². The summed E-state index contributed by atoms with van der Waals surface area (Å²) in [6, 6.07) is 29.4. The van der Waals surface area contributed by atoms with Gasteiger partial charge in [0.05, 0.1) is 39.6 Å².